The van der Waals surface area contributed by atoms with Crippen molar-refractivity contribution in [3.05, 3.63) is 59.5 Å². The van der Waals surface area contributed by atoms with Crippen LogP contribution in [0, 0.1) is 6.92 Å². The van der Waals surface area contributed by atoms with E-state index in [1.54, 1.807) is 17.0 Å². The zero-order chi connectivity index (χ0) is 16.2. The van der Waals surface area contributed by atoms with Gasteiger partial charge in [0.25, 0.3) is 5.91 Å². The number of rotatable bonds is 4. The first-order chi connectivity index (χ1) is 11.1. The van der Waals surface area contributed by atoms with Crippen LogP contribution >= 0.6 is 0 Å². The first-order valence-electron chi connectivity index (χ1n) is 7.93. The van der Waals surface area contributed by atoms with Crippen molar-refractivity contribution >= 4 is 5.91 Å². The van der Waals surface area contributed by atoms with Crippen LogP contribution in [-0.4, -0.2) is 53.5 Å². The molecule has 2 aromatic rings. The van der Waals surface area contributed by atoms with Crippen molar-refractivity contribution in [2.75, 3.05) is 32.7 Å². The van der Waals surface area contributed by atoms with E-state index in [0.717, 1.165) is 18.7 Å². The van der Waals surface area contributed by atoms with Gasteiger partial charge in [0, 0.05) is 32.7 Å². The Morgan fingerprint density at radius 1 is 1.17 bits per heavy atom. The van der Waals surface area contributed by atoms with E-state index >= 15 is 0 Å². The van der Waals surface area contributed by atoms with Gasteiger partial charge < -0.3 is 14.4 Å². The van der Waals surface area contributed by atoms with Crippen LogP contribution in [0.25, 0.3) is 0 Å². The third-order valence-corrected chi connectivity index (χ3v) is 4.28. The highest BCUT2D eigenvalue weighted by atomic mass is 16.3. The van der Waals surface area contributed by atoms with Crippen molar-refractivity contribution in [2.24, 2.45) is 0 Å². The number of aliphatic hydroxyl groups is 1. The number of aliphatic hydroxyl groups excluding tert-OH is 1. The van der Waals surface area contributed by atoms with Gasteiger partial charge in [0.1, 0.15) is 0 Å². The standard InChI is InChI=1S/C18H22N2O3/c1-14-4-6-15(7-5-14)16(21)13-19-8-10-20(11-9-19)18(22)17-3-2-12-23-17/h2-7,12,16,21H,8-11,13H2,1H3. The molecule has 1 saturated heterocycles. The molecule has 3 rings (SSSR count). The van der Waals surface area contributed by atoms with E-state index in [-0.39, 0.29) is 5.91 Å². The van der Waals surface area contributed by atoms with Gasteiger partial charge in [0.15, 0.2) is 5.76 Å². The van der Waals surface area contributed by atoms with E-state index in [0.29, 0.717) is 25.4 Å². The summed E-state index contributed by atoms with van der Waals surface area (Å²) in [5, 5.41) is 10.4. The summed E-state index contributed by atoms with van der Waals surface area (Å²) >= 11 is 0. The number of piperazine rings is 1. The summed E-state index contributed by atoms with van der Waals surface area (Å²) in [6.07, 6.45) is 1.02. The van der Waals surface area contributed by atoms with E-state index in [4.69, 9.17) is 4.42 Å². The fourth-order valence-electron chi connectivity index (χ4n) is 2.83. The quantitative estimate of drug-likeness (QED) is 0.939. The molecule has 0 bridgehead atoms. The fourth-order valence-corrected chi connectivity index (χ4v) is 2.83. The second-order valence-electron chi connectivity index (χ2n) is 6.00. The molecule has 1 N–H and O–H groups in total. The first kappa shape index (κ1) is 15.8. The van der Waals surface area contributed by atoms with Gasteiger partial charge in [-0.2, -0.15) is 0 Å². The maximum absolute atomic E-state index is 12.2. The molecular formula is C18H22N2O3. The lowest BCUT2D eigenvalue weighted by molar-refractivity contribution is 0.0503. The van der Waals surface area contributed by atoms with Gasteiger partial charge in [-0.25, -0.2) is 0 Å². The number of hydrogen-bond acceptors (Lipinski definition) is 4. The molecule has 1 atom stereocenters. The summed E-state index contributed by atoms with van der Waals surface area (Å²) in [7, 11) is 0. The highest BCUT2D eigenvalue weighted by Gasteiger charge is 2.24. The lowest BCUT2D eigenvalue weighted by atomic mass is 10.1. The van der Waals surface area contributed by atoms with Gasteiger partial charge in [-0.1, -0.05) is 29.8 Å². The van der Waals surface area contributed by atoms with Crippen LogP contribution in [0.5, 0.6) is 0 Å². The molecule has 1 aromatic heterocycles. The van der Waals surface area contributed by atoms with Crippen molar-refractivity contribution < 1.29 is 14.3 Å². The maximum Gasteiger partial charge on any atom is 0.289 e. The van der Waals surface area contributed by atoms with Gasteiger partial charge >= 0.3 is 0 Å². The minimum atomic E-state index is -0.497. The van der Waals surface area contributed by atoms with E-state index in [2.05, 4.69) is 4.90 Å². The topological polar surface area (TPSA) is 56.9 Å². The monoisotopic (exact) mass is 314 g/mol. The summed E-state index contributed by atoms with van der Waals surface area (Å²) < 4.78 is 5.16. The summed E-state index contributed by atoms with van der Waals surface area (Å²) in [5.41, 5.74) is 2.12. The Hall–Kier alpha value is -2.11. The molecule has 122 valence electrons. The average molecular weight is 314 g/mol. The first-order valence-corrected chi connectivity index (χ1v) is 7.93. The smallest absolute Gasteiger partial charge is 0.289 e. The molecule has 0 saturated carbocycles. The molecule has 0 spiro atoms. The lowest BCUT2D eigenvalue weighted by Gasteiger charge is -2.35. The molecule has 1 fully saturated rings. The molecule has 0 aliphatic carbocycles. The van der Waals surface area contributed by atoms with E-state index in [1.807, 2.05) is 31.2 Å². The highest BCUT2D eigenvalue weighted by molar-refractivity contribution is 5.91. The number of nitrogens with zero attached hydrogens (tertiary/aromatic N) is 2. The molecule has 23 heavy (non-hydrogen) atoms. The summed E-state index contributed by atoms with van der Waals surface area (Å²) in [4.78, 5) is 16.2. The second-order valence-corrected chi connectivity index (χ2v) is 6.00. The predicted molar refractivity (Wildman–Crippen MR) is 87.2 cm³/mol. The van der Waals surface area contributed by atoms with Gasteiger partial charge in [-0.05, 0) is 24.6 Å². The Morgan fingerprint density at radius 3 is 2.48 bits per heavy atom. The number of carbonyl (C=O) groups is 1. The summed E-state index contributed by atoms with van der Waals surface area (Å²) in [6.45, 7) is 5.45. The molecule has 2 heterocycles. The molecule has 0 radical (unpaired) electrons. The van der Waals surface area contributed by atoms with Gasteiger partial charge in [-0.15, -0.1) is 0 Å². The number of amides is 1. The summed E-state index contributed by atoms with van der Waals surface area (Å²) in [6, 6.07) is 11.4. The Morgan fingerprint density at radius 2 is 1.87 bits per heavy atom. The van der Waals surface area contributed by atoms with Crippen LogP contribution in [0.1, 0.15) is 27.8 Å². The maximum atomic E-state index is 12.2. The largest absolute Gasteiger partial charge is 0.459 e. The van der Waals surface area contributed by atoms with Crippen molar-refractivity contribution in [1.29, 1.82) is 0 Å². The second kappa shape index (κ2) is 6.98. The molecule has 1 amide bonds. The Bertz CT molecular complexity index is 629. The molecule has 1 aromatic carbocycles. The third kappa shape index (κ3) is 3.81. The minimum Gasteiger partial charge on any atom is -0.459 e. The number of furan rings is 1. The average Bonchev–Trinajstić information content (AvgIpc) is 3.10. The zero-order valence-electron chi connectivity index (χ0n) is 13.3. The van der Waals surface area contributed by atoms with E-state index < -0.39 is 6.10 Å². The fraction of sp³-hybridized carbons (Fsp3) is 0.389. The van der Waals surface area contributed by atoms with Crippen LogP contribution in [0.2, 0.25) is 0 Å². The Balaban J connectivity index is 1.51. The molecule has 5 nitrogen and oxygen atoms in total. The van der Waals surface area contributed by atoms with Crippen LogP contribution in [-0.2, 0) is 0 Å². The Labute approximate surface area is 136 Å². The zero-order valence-corrected chi connectivity index (χ0v) is 13.3. The minimum absolute atomic E-state index is 0.0614. The molecular weight excluding hydrogens is 292 g/mol. The number of hydrogen-bond donors (Lipinski definition) is 1. The Kier molecular flexibility index (Phi) is 4.79. The molecule has 5 heteroatoms. The number of carbonyl (C=O) groups excluding carboxylic acids is 1. The van der Waals surface area contributed by atoms with Crippen LogP contribution < -0.4 is 0 Å². The van der Waals surface area contributed by atoms with E-state index in [1.165, 1.54) is 11.8 Å². The number of β-amino-alcohol motifs (C(OH)–C–C–N with tert-alkyl or cyclic N) is 1. The van der Waals surface area contributed by atoms with Crippen LogP contribution in [0.3, 0.4) is 0 Å². The third-order valence-electron chi connectivity index (χ3n) is 4.28. The van der Waals surface area contributed by atoms with E-state index in [9.17, 15) is 9.90 Å². The highest BCUT2D eigenvalue weighted by Crippen LogP contribution is 2.17. The lowest BCUT2D eigenvalue weighted by Crippen LogP contribution is -2.49. The molecule has 1 unspecified atom stereocenters. The summed E-state index contributed by atoms with van der Waals surface area (Å²) in [5.74, 6) is 0.326. The SMILES string of the molecule is Cc1ccc(C(O)CN2CCN(C(=O)c3ccco3)CC2)cc1. The van der Waals surface area contributed by atoms with Gasteiger partial charge in [0.2, 0.25) is 0 Å². The predicted octanol–water partition coefficient (Wildman–Crippen LogP) is 2.08. The van der Waals surface area contributed by atoms with Crippen molar-refractivity contribution in [1.82, 2.24) is 9.80 Å². The van der Waals surface area contributed by atoms with Crippen molar-refractivity contribution in [3.8, 4) is 0 Å². The van der Waals surface area contributed by atoms with Crippen LogP contribution in [0.4, 0.5) is 0 Å². The van der Waals surface area contributed by atoms with Gasteiger partial charge in [0.05, 0.1) is 12.4 Å². The van der Waals surface area contributed by atoms with Crippen LogP contribution in [0.15, 0.2) is 47.1 Å². The number of benzene rings is 1. The molecule has 1 aliphatic rings. The van der Waals surface area contributed by atoms with Gasteiger partial charge in [-0.3, -0.25) is 9.69 Å². The molecule has 1 aliphatic heterocycles. The number of aryl methyl sites for hydroxylation is 1. The van der Waals surface area contributed by atoms with Crippen molar-refractivity contribution in [3.63, 3.8) is 0 Å². The normalized spacial score (nSPS) is 17.2. The van der Waals surface area contributed by atoms with Crippen molar-refractivity contribution in [2.45, 2.75) is 13.0 Å².